The highest BCUT2D eigenvalue weighted by Gasteiger charge is 2.44. The van der Waals surface area contributed by atoms with E-state index in [1.165, 1.54) is 5.56 Å². The zero-order valence-corrected chi connectivity index (χ0v) is 20.4. The largest absolute Gasteiger partial charge is 0.458 e. The van der Waals surface area contributed by atoms with Crippen LogP contribution < -0.4 is 11.1 Å². The third kappa shape index (κ3) is 7.18. The predicted molar refractivity (Wildman–Crippen MR) is 133 cm³/mol. The van der Waals surface area contributed by atoms with Crippen molar-refractivity contribution in [2.24, 2.45) is 5.73 Å². The summed E-state index contributed by atoms with van der Waals surface area (Å²) in [7, 11) is 0. The van der Waals surface area contributed by atoms with E-state index in [0.717, 1.165) is 57.2 Å². The van der Waals surface area contributed by atoms with E-state index in [0.29, 0.717) is 24.6 Å². The Morgan fingerprint density at radius 1 is 1.26 bits per heavy atom. The van der Waals surface area contributed by atoms with Gasteiger partial charge in [0, 0.05) is 13.0 Å². The third-order valence-electron chi connectivity index (χ3n) is 6.62. The van der Waals surface area contributed by atoms with Gasteiger partial charge >= 0.3 is 11.9 Å². The minimum atomic E-state index is -0.381. The fourth-order valence-electron chi connectivity index (χ4n) is 4.97. The second-order valence-corrected chi connectivity index (χ2v) is 9.22. The summed E-state index contributed by atoms with van der Waals surface area (Å²) in [6.07, 6.45) is 8.52. The van der Waals surface area contributed by atoms with E-state index in [4.69, 9.17) is 15.2 Å². The quantitative estimate of drug-likeness (QED) is 0.167. The van der Waals surface area contributed by atoms with Crippen LogP contribution >= 0.6 is 0 Å². The molecule has 4 N–H and O–H groups in total. The van der Waals surface area contributed by atoms with Crippen molar-refractivity contribution in [1.29, 1.82) is 0 Å². The minimum Gasteiger partial charge on any atom is -0.458 e. The number of hydrogen-bond acceptors (Lipinski definition) is 6. The van der Waals surface area contributed by atoms with Gasteiger partial charge in [0.2, 0.25) is 0 Å². The van der Waals surface area contributed by atoms with E-state index in [1.54, 1.807) is 6.08 Å². The van der Waals surface area contributed by atoms with Crippen LogP contribution in [0, 0.1) is 0 Å². The monoisotopic (exact) mass is 470 g/mol. The van der Waals surface area contributed by atoms with Crippen LogP contribution in [0.1, 0.15) is 63.9 Å². The fourth-order valence-corrected chi connectivity index (χ4v) is 4.97. The Labute approximate surface area is 203 Å². The average molecular weight is 471 g/mol. The van der Waals surface area contributed by atoms with E-state index >= 15 is 0 Å². The molecule has 7 heteroatoms. The molecule has 186 valence electrons. The summed E-state index contributed by atoms with van der Waals surface area (Å²) in [6.45, 7) is 7.07. The van der Waals surface area contributed by atoms with E-state index in [-0.39, 0.29) is 30.8 Å². The first-order valence-corrected chi connectivity index (χ1v) is 12.5. The Morgan fingerprint density at radius 3 is 2.79 bits per heavy atom. The fraction of sp³-hybridized carbons (Fsp3) is 0.556. The first-order chi connectivity index (χ1) is 16.5. The van der Waals surface area contributed by atoms with E-state index < -0.39 is 0 Å². The summed E-state index contributed by atoms with van der Waals surface area (Å²) in [5.74, 6) is 0.217. The molecule has 3 rings (SSSR count). The summed E-state index contributed by atoms with van der Waals surface area (Å²) < 4.78 is 13.1. The molecule has 0 radical (unpaired) electrons. The molecule has 0 spiro atoms. The summed E-state index contributed by atoms with van der Waals surface area (Å²) in [4.78, 5) is 12.6. The number of benzene rings is 1. The first-order valence-electron chi connectivity index (χ1n) is 12.5. The number of allylic oxidation sites excluding steroid dienone is 1. The van der Waals surface area contributed by atoms with Crippen molar-refractivity contribution in [2.75, 3.05) is 13.2 Å². The highest BCUT2D eigenvalue weighted by atomic mass is 16.5. The Hall–Kier alpha value is -2.64. The lowest BCUT2D eigenvalue weighted by Gasteiger charge is -2.26. The Bertz CT molecular complexity index is 881. The number of unbranched alkanes of at least 4 members (excludes halogenated alkanes) is 3. The number of guanidine groups is 1. The van der Waals surface area contributed by atoms with Crippen LogP contribution in [0.2, 0.25) is 0 Å². The standard InChI is InChI=1S/C27H39N3O4/c1-3-16-34-26(32)25-20(2)29-27(28)30-22(14-15-24(25)30)18-23(31)13-9-4-5-10-17-33-19-21-11-7-6-8-12-21/h3,6-8,11-12,22-24,31H,1,4-5,9-10,13-19H2,2H3,(H2,28,29,32)/p+1/t22-,23-,24+/m0/s1. The normalized spacial score (nSPS) is 20.6. The van der Waals surface area contributed by atoms with Gasteiger partial charge in [0.1, 0.15) is 18.2 Å². The number of aliphatic hydroxyl groups is 1. The van der Waals surface area contributed by atoms with Crippen LogP contribution in [0.4, 0.5) is 0 Å². The molecule has 2 heterocycles. The van der Waals surface area contributed by atoms with Crippen LogP contribution in [-0.2, 0) is 20.9 Å². The zero-order valence-electron chi connectivity index (χ0n) is 20.4. The van der Waals surface area contributed by atoms with Crippen molar-refractivity contribution in [3.8, 4) is 0 Å². The number of nitrogens with two attached hydrogens (primary N) is 1. The van der Waals surface area contributed by atoms with Crippen molar-refractivity contribution < 1.29 is 24.0 Å². The number of carbonyl (C=O) groups excluding carboxylic acids is 1. The number of nitrogens with one attached hydrogen (secondary N) is 1. The van der Waals surface area contributed by atoms with Crippen molar-refractivity contribution in [3.63, 3.8) is 0 Å². The molecule has 0 bridgehead atoms. The number of aliphatic hydroxyl groups excluding tert-OH is 1. The van der Waals surface area contributed by atoms with Gasteiger partial charge in [0.25, 0.3) is 0 Å². The molecule has 0 saturated carbocycles. The van der Waals surface area contributed by atoms with Crippen molar-refractivity contribution >= 4 is 11.9 Å². The molecule has 0 unspecified atom stereocenters. The van der Waals surface area contributed by atoms with E-state index in [1.807, 2.05) is 25.1 Å². The molecular weight excluding hydrogens is 430 g/mol. The SMILES string of the molecule is C=CCOC(=O)C1=C(C)NC(N)=[N+]2[C@H](C[C@@H](O)CCCCCCOCc3ccccc3)CC[C@H]12. The molecule has 1 aromatic carbocycles. The van der Waals surface area contributed by atoms with Gasteiger partial charge in [0.15, 0.2) is 0 Å². The van der Waals surface area contributed by atoms with Gasteiger partial charge in [-0.1, -0.05) is 62.2 Å². The molecule has 1 saturated heterocycles. The molecule has 3 atom stereocenters. The summed E-state index contributed by atoms with van der Waals surface area (Å²) >= 11 is 0. The van der Waals surface area contributed by atoms with Gasteiger partial charge in [0.05, 0.1) is 24.4 Å². The number of rotatable bonds is 14. The number of fused-ring (bicyclic) bond motifs is 1. The molecule has 0 aliphatic carbocycles. The topological polar surface area (TPSA) is 96.8 Å². The lowest BCUT2D eigenvalue weighted by Crippen LogP contribution is -2.51. The lowest BCUT2D eigenvalue weighted by molar-refractivity contribution is -0.576. The first kappa shape index (κ1) is 26.0. The van der Waals surface area contributed by atoms with Crippen LogP contribution in [0.5, 0.6) is 0 Å². The van der Waals surface area contributed by atoms with Crippen LogP contribution in [0.3, 0.4) is 0 Å². The van der Waals surface area contributed by atoms with Gasteiger partial charge < -0.3 is 14.6 Å². The van der Waals surface area contributed by atoms with Gasteiger partial charge in [-0.15, -0.1) is 0 Å². The summed E-state index contributed by atoms with van der Waals surface area (Å²) in [5, 5.41) is 13.8. The second kappa shape index (κ2) is 13.3. The Morgan fingerprint density at radius 2 is 2.03 bits per heavy atom. The zero-order chi connectivity index (χ0) is 24.3. The molecule has 34 heavy (non-hydrogen) atoms. The molecule has 7 nitrogen and oxygen atoms in total. The number of esters is 1. The number of ether oxygens (including phenoxy) is 2. The highest BCUT2D eigenvalue weighted by Crippen LogP contribution is 2.32. The van der Waals surface area contributed by atoms with E-state index in [2.05, 4.69) is 28.6 Å². The summed E-state index contributed by atoms with van der Waals surface area (Å²) in [6, 6.07) is 10.2. The molecule has 1 aromatic rings. The van der Waals surface area contributed by atoms with Gasteiger partial charge in [-0.3, -0.25) is 10.3 Å². The molecule has 0 aromatic heterocycles. The number of carbonyl (C=O) groups is 1. The van der Waals surface area contributed by atoms with Crippen LogP contribution in [0.15, 0.2) is 54.3 Å². The van der Waals surface area contributed by atoms with Crippen molar-refractivity contribution in [1.82, 2.24) is 5.32 Å². The van der Waals surface area contributed by atoms with Gasteiger partial charge in [-0.2, -0.15) is 0 Å². The predicted octanol–water partition coefficient (Wildman–Crippen LogP) is 3.37. The van der Waals surface area contributed by atoms with Crippen LogP contribution in [-0.4, -0.2) is 53.0 Å². The molecule has 2 aliphatic rings. The Balaban J connectivity index is 1.36. The van der Waals surface area contributed by atoms with Gasteiger partial charge in [-0.25, -0.2) is 10.1 Å². The highest BCUT2D eigenvalue weighted by molar-refractivity contribution is 5.92. The average Bonchev–Trinajstić information content (AvgIpc) is 3.23. The van der Waals surface area contributed by atoms with Crippen molar-refractivity contribution in [2.45, 2.75) is 83.1 Å². The van der Waals surface area contributed by atoms with Crippen molar-refractivity contribution in [3.05, 3.63) is 59.8 Å². The smallest absolute Gasteiger partial charge is 0.348 e. The second-order valence-electron chi connectivity index (χ2n) is 9.22. The summed E-state index contributed by atoms with van der Waals surface area (Å²) in [5.41, 5.74) is 8.86. The molecular formula is C27H40N3O4+. The molecule has 1 fully saturated rings. The molecule has 2 aliphatic heterocycles. The molecule has 0 amide bonds. The Kier molecular flexibility index (Phi) is 10.2. The van der Waals surface area contributed by atoms with E-state index in [9.17, 15) is 9.90 Å². The lowest BCUT2D eigenvalue weighted by atomic mass is 10.0. The maximum atomic E-state index is 12.6. The minimum absolute atomic E-state index is 0.105. The van der Waals surface area contributed by atoms with Crippen LogP contribution in [0.25, 0.3) is 0 Å². The van der Waals surface area contributed by atoms with Gasteiger partial charge in [-0.05, 0) is 38.2 Å². The maximum Gasteiger partial charge on any atom is 0.348 e. The number of hydrogen-bond donors (Lipinski definition) is 3. The third-order valence-corrected chi connectivity index (χ3v) is 6.62. The number of nitrogens with zero attached hydrogens (tertiary/aromatic N) is 1. The maximum absolute atomic E-state index is 12.6.